The lowest BCUT2D eigenvalue weighted by Gasteiger charge is -2.14. The zero-order chi connectivity index (χ0) is 12.6. The van der Waals surface area contributed by atoms with E-state index >= 15 is 0 Å². The molecule has 1 aromatic heterocycles. The number of rotatable bonds is 3. The van der Waals surface area contributed by atoms with E-state index in [0.717, 1.165) is 21.6 Å². The standard InChI is InChI=1S/C14H16ClNO/c1-9(2)16-12(7-10(3)17)8-11-5-4-6-13(15)14(11)16/h4-6,8-9H,7H2,1-3H3. The fourth-order valence-corrected chi connectivity index (χ4v) is 2.55. The van der Waals surface area contributed by atoms with Crippen LogP contribution in [0.4, 0.5) is 0 Å². The molecule has 2 aromatic rings. The van der Waals surface area contributed by atoms with Crippen LogP contribution < -0.4 is 0 Å². The summed E-state index contributed by atoms with van der Waals surface area (Å²) in [7, 11) is 0. The van der Waals surface area contributed by atoms with Gasteiger partial charge in [-0.15, -0.1) is 0 Å². The molecule has 0 aliphatic heterocycles. The molecule has 0 unspecified atom stereocenters. The number of halogens is 1. The first-order valence-corrected chi connectivity index (χ1v) is 6.16. The van der Waals surface area contributed by atoms with Gasteiger partial charge >= 0.3 is 0 Å². The second-order valence-corrected chi connectivity index (χ2v) is 5.06. The number of aromatic nitrogens is 1. The van der Waals surface area contributed by atoms with Crippen molar-refractivity contribution in [1.82, 2.24) is 4.57 Å². The molecule has 90 valence electrons. The monoisotopic (exact) mass is 249 g/mol. The highest BCUT2D eigenvalue weighted by Crippen LogP contribution is 2.30. The van der Waals surface area contributed by atoms with E-state index in [1.165, 1.54) is 0 Å². The Morgan fingerprint density at radius 1 is 1.41 bits per heavy atom. The zero-order valence-corrected chi connectivity index (χ0v) is 11.1. The average Bonchev–Trinajstić information content (AvgIpc) is 2.56. The molecule has 0 radical (unpaired) electrons. The summed E-state index contributed by atoms with van der Waals surface area (Å²) in [6.45, 7) is 5.82. The van der Waals surface area contributed by atoms with E-state index in [1.54, 1.807) is 6.92 Å². The Bertz CT molecular complexity index is 569. The third kappa shape index (κ3) is 2.22. The number of carbonyl (C=O) groups excluding carboxylic acids is 1. The third-order valence-electron chi connectivity index (χ3n) is 2.84. The summed E-state index contributed by atoms with van der Waals surface area (Å²) >= 11 is 6.25. The summed E-state index contributed by atoms with van der Waals surface area (Å²) in [5, 5.41) is 1.84. The summed E-state index contributed by atoms with van der Waals surface area (Å²) in [6, 6.07) is 8.21. The van der Waals surface area contributed by atoms with Crippen LogP contribution in [0.5, 0.6) is 0 Å². The van der Waals surface area contributed by atoms with Gasteiger partial charge in [0.15, 0.2) is 0 Å². The molecule has 0 N–H and O–H groups in total. The minimum Gasteiger partial charge on any atom is -0.340 e. The summed E-state index contributed by atoms with van der Waals surface area (Å²) in [5.41, 5.74) is 2.07. The Morgan fingerprint density at radius 2 is 2.12 bits per heavy atom. The van der Waals surface area contributed by atoms with Crippen LogP contribution in [0, 0.1) is 0 Å². The van der Waals surface area contributed by atoms with E-state index in [4.69, 9.17) is 11.6 Å². The fraction of sp³-hybridized carbons (Fsp3) is 0.357. The van der Waals surface area contributed by atoms with Crippen LogP contribution in [0.1, 0.15) is 32.5 Å². The van der Waals surface area contributed by atoms with Gasteiger partial charge < -0.3 is 4.57 Å². The van der Waals surface area contributed by atoms with Gasteiger partial charge in [0.25, 0.3) is 0 Å². The summed E-state index contributed by atoms with van der Waals surface area (Å²) in [5.74, 6) is 0.172. The number of hydrogen-bond acceptors (Lipinski definition) is 1. The molecular formula is C14H16ClNO. The van der Waals surface area contributed by atoms with E-state index in [1.807, 2.05) is 18.2 Å². The van der Waals surface area contributed by atoms with E-state index in [0.29, 0.717) is 12.5 Å². The van der Waals surface area contributed by atoms with E-state index in [-0.39, 0.29) is 5.78 Å². The van der Waals surface area contributed by atoms with Gasteiger partial charge in [0.05, 0.1) is 10.5 Å². The molecule has 0 aliphatic rings. The minimum atomic E-state index is 0.172. The molecule has 2 nitrogen and oxygen atoms in total. The number of ketones is 1. The topological polar surface area (TPSA) is 22.0 Å². The number of hydrogen-bond donors (Lipinski definition) is 0. The number of para-hydroxylation sites is 1. The molecule has 17 heavy (non-hydrogen) atoms. The average molecular weight is 250 g/mol. The number of Topliss-reactive ketones (excluding diaryl/α,β-unsaturated/α-hetero) is 1. The van der Waals surface area contributed by atoms with Crippen LogP contribution in [-0.2, 0) is 11.2 Å². The van der Waals surface area contributed by atoms with Gasteiger partial charge in [0.2, 0.25) is 0 Å². The maximum absolute atomic E-state index is 11.3. The van der Waals surface area contributed by atoms with E-state index in [2.05, 4.69) is 24.5 Å². The first kappa shape index (κ1) is 12.2. The van der Waals surface area contributed by atoms with Gasteiger partial charge in [0, 0.05) is 23.5 Å². The fourth-order valence-electron chi connectivity index (χ4n) is 2.28. The Hall–Kier alpha value is -1.28. The third-order valence-corrected chi connectivity index (χ3v) is 3.14. The zero-order valence-electron chi connectivity index (χ0n) is 10.3. The Kier molecular flexibility index (Phi) is 3.25. The molecule has 0 saturated carbocycles. The Morgan fingerprint density at radius 3 is 2.71 bits per heavy atom. The normalized spacial score (nSPS) is 11.4. The van der Waals surface area contributed by atoms with Crippen LogP contribution in [0.2, 0.25) is 5.02 Å². The van der Waals surface area contributed by atoms with Gasteiger partial charge in [-0.1, -0.05) is 23.7 Å². The molecule has 0 saturated heterocycles. The molecule has 1 heterocycles. The van der Waals surface area contributed by atoms with Crippen LogP contribution in [0.3, 0.4) is 0 Å². The van der Waals surface area contributed by atoms with E-state index in [9.17, 15) is 4.79 Å². The first-order valence-electron chi connectivity index (χ1n) is 5.78. The number of benzene rings is 1. The van der Waals surface area contributed by atoms with Crippen molar-refractivity contribution < 1.29 is 4.79 Å². The first-order chi connectivity index (χ1) is 8.00. The number of nitrogens with zero attached hydrogens (tertiary/aromatic N) is 1. The molecule has 0 bridgehead atoms. The van der Waals surface area contributed by atoms with Gasteiger partial charge in [0.1, 0.15) is 5.78 Å². The molecule has 3 heteroatoms. The predicted octanol–water partition coefficient (Wildman–Crippen LogP) is 4.01. The van der Waals surface area contributed by atoms with Gasteiger partial charge in [-0.2, -0.15) is 0 Å². The summed E-state index contributed by atoms with van der Waals surface area (Å²) in [4.78, 5) is 11.3. The lowest BCUT2D eigenvalue weighted by Crippen LogP contribution is -2.08. The van der Waals surface area contributed by atoms with Gasteiger partial charge in [-0.05, 0) is 32.9 Å². The Labute approximate surface area is 106 Å². The highest BCUT2D eigenvalue weighted by Gasteiger charge is 2.14. The maximum atomic E-state index is 11.3. The molecule has 1 aromatic carbocycles. The van der Waals surface area contributed by atoms with Crippen molar-refractivity contribution in [3.63, 3.8) is 0 Å². The highest BCUT2D eigenvalue weighted by atomic mass is 35.5. The van der Waals surface area contributed by atoms with Gasteiger partial charge in [-0.25, -0.2) is 0 Å². The summed E-state index contributed by atoms with van der Waals surface area (Å²) in [6.07, 6.45) is 0.461. The SMILES string of the molecule is CC(=O)Cc1cc2cccc(Cl)c2n1C(C)C. The van der Waals surface area contributed by atoms with E-state index < -0.39 is 0 Å². The smallest absolute Gasteiger partial charge is 0.135 e. The lowest BCUT2D eigenvalue weighted by molar-refractivity contribution is -0.116. The van der Waals surface area contributed by atoms with Crippen molar-refractivity contribution in [2.75, 3.05) is 0 Å². The molecule has 0 amide bonds. The van der Waals surface area contributed by atoms with Crippen LogP contribution in [0.15, 0.2) is 24.3 Å². The predicted molar refractivity (Wildman–Crippen MR) is 71.7 cm³/mol. The van der Waals surface area contributed by atoms with Crippen molar-refractivity contribution in [2.24, 2.45) is 0 Å². The molecule has 0 fully saturated rings. The lowest BCUT2D eigenvalue weighted by atomic mass is 10.2. The molecular weight excluding hydrogens is 234 g/mol. The molecule has 0 atom stereocenters. The molecule has 2 rings (SSSR count). The largest absolute Gasteiger partial charge is 0.340 e. The van der Waals surface area contributed by atoms with Crippen molar-refractivity contribution >= 4 is 28.3 Å². The Balaban J connectivity index is 2.71. The second-order valence-electron chi connectivity index (χ2n) is 4.66. The second kappa shape index (κ2) is 4.53. The molecule has 0 aliphatic carbocycles. The van der Waals surface area contributed by atoms with Crippen molar-refractivity contribution in [3.05, 3.63) is 35.0 Å². The highest BCUT2D eigenvalue weighted by molar-refractivity contribution is 6.35. The summed E-state index contributed by atoms with van der Waals surface area (Å²) < 4.78 is 2.15. The quantitative estimate of drug-likeness (QED) is 0.806. The minimum absolute atomic E-state index is 0.172. The van der Waals surface area contributed by atoms with Gasteiger partial charge in [-0.3, -0.25) is 4.79 Å². The number of fused-ring (bicyclic) bond motifs is 1. The number of carbonyl (C=O) groups is 1. The van der Waals surface area contributed by atoms with Crippen LogP contribution >= 0.6 is 11.6 Å². The van der Waals surface area contributed by atoms with Crippen LogP contribution in [0.25, 0.3) is 10.9 Å². The van der Waals surface area contributed by atoms with Crippen LogP contribution in [-0.4, -0.2) is 10.4 Å². The van der Waals surface area contributed by atoms with Crippen molar-refractivity contribution in [3.8, 4) is 0 Å². The molecule has 0 spiro atoms. The van der Waals surface area contributed by atoms with Crippen molar-refractivity contribution in [1.29, 1.82) is 0 Å². The maximum Gasteiger partial charge on any atom is 0.135 e. The van der Waals surface area contributed by atoms with Crippen molar-refractivity contribution in [2.45, 2.75) is 33.2 Å².